The molecule has 4 heteroatoms. The summed E-state index contributed by atoms with van der Waals surface area (Å²) in [6.07, 6.45) is 4.67. The van der Waals surface area contributed by atoms with Gasteiger partial charge in [-0.15, -0.1) is 11.8 Å². The van der Waals surface area contributed by atoms with Crippen molar-refractivity contribution in [3.05, 3.63) is 60.4 Å². The van der Waals surface area contributed by atoms with Crippen molar-refractivity contribution in [2.45, 2.75) is 30.3 Å². The van der Waals surface area contributed by atoms with Gasteiger partial charge in [0.1, 0.15) is 0 Å². The van der Waals surface area contributed by atoms with Gasteiger partial charge < -0.3 is 0 Å². The van der Waals surface area contributed by atoms with Crippen molar-refractivity contribution < 1.29 is 0 Å². The SMILES string of the molecule is c1ccc(SCCN2C[C@@H]3CC[C@H]2CN(Cc2ccccn2)C3)cc1. The fourth-order valence-electron chi connectivity index (χ4n) is 4.20. The first-order valence-electron chi connectivity index (χ1n) is 9.41. The molecule has 3 saturated heterocycles. The van der Waals surface area contributed by atoms with Crippen molar-refractivity contribution in [3.8, 4) is 0 Å². The topological polar surface area (TPSA) is 19.4 Å². The molecule has 0 N–H and O–H groups in total. The van der Waals surface area contributed by atoms with E-state index in [1.807, 2.05) is 24.0 Å². The second kappa shape index (κ2) is 8.35. The van der Waals surface area contributed by atoms with Crippen LogP contribution in [0.2, 0.25) is 0 Å². The second-order valence-electron chi connectivity index (χ2n) is 7.27. The molecule has 3 fully saturated rings. The van der Waals surface area contributed by atoms with E-state index in [-0.39, 0.29) is 0 Å². The molecule has 2 aromatic rings. The standard InChI is InChI=1S/C21H27N3S/c1-2-7-21(8-3-1)25-13-12-24-15-18-9-10-20(24)17-23(14-18)16-19-6-4-5-11-22-19/h1-8,11,18,20H,9-10,12-17H2/t18-,20+/m1/s1. The van der Waals surface area contributed by atoms with Gasteiger partial charge in [-0.25, -0.2) is 0 Å². The van der Waals surface area contributed by atoms with Crippen LogP contribution >= 0.6 is 11.8 Å². The molecule has 5 rings (SSSR count). The van der Waals surface area contributed by atoms with Crippen LogP contribution in [0.15, 0.2) is 59.6 Å². The summed E-state index contributed by atoms with van der Waals surface area (Å²) < 4.78 is 0. The molecule has 2 bridgehead atoms. The van der Waals surface area contributed by atoms with Crippen LogP contribution in [0, 0.1) is 5.92 Å². The fraction of sp³-hybridized carbons (Fsp3) is 0.476. The highest BCUT2D eigenvalue weighted by atomic mass is 32.2. The molecule has 1 aromatic carbocycles. The zero-order chi connectivity index (χ0) is 16.9. The van der Waals surface area contributed by atoms with Crippen molar-refractivity contribution in [1.82, 2.24) is 14.8 Å². The van der Waals surface area contributed by atoms with Crippen LogP contribution in [0.25, 0.3) is 0 Å². The highest BCUT2D eigenvalue weighted by molar-refractivity contribution is 7.99. The van der Waals surface area contributed by atoms with E-state index in [9.17, 15) is 0 Å². The Morgan fingerprint density at radius 1 is 0.960 bits per heavy atom. The summed E-state index contributed by atoms with van der Waals surface area (Å²) in [6.45, 7) is 5.91. The van der Waals surface area contributed by atoms with Gasteiger partial charge in [0, 0.05) is 55.6 Å². The quantitative estimate of drug-likeness (QED) is 0.736. The second-order valence-corrected chi connectivity index (χ2v) is 8.44. The first kappa shape index (κ1) is 17.1. The van der Waals surface area contributed by atoms with Crippen molar-refractivity contribution in [1.29, 1.82) is 0 Å². The molecule has 0 amide bonds. The minimum Gasteiger partial charge on any atom is -0.298 e. The predicted octanol–water partition coefficient (Wildman–Crippen LogP) is 3.77. The summed E-state index contributed by atoms with van der Waals surface area (Å²) in [5.74, 6) is 2.01. The molecular weight excluding hydrogens is 326 g/mol. The van der Waals surface area contributed by atoms with Crippen molar-refractivity contribution in [2.75, 3.05) is 31.9 Å². The highest BCUT2D eigenvalue weighted by Crippen LogP contribution is 2.29. The summed E-state index contributed by atoms with van der Waals surface area (Å²) in [4.78, 5) is 11.3. The summed E-state index contributed by atoms with van der Waals surface area (Å²) in [5, 5.41) is 0. The van der Waals surface area contributed by atoms with Crippen LogP contribution in [0.4, 0.5) is 0 Å². The Morgan fingerprint density at radius 3 is 2.68 bits per heavy atom. The van der Waals surface area contributed by atoms with Gasteiger partial charge in [0.15, 0.2) is 0 Å². The average Bonchev–Trinajstić information content (AvgIpc) is 2.94. The molecule has 0 aliphatic carbocycles. The Labute approximate surface area is 155 Å². The summed E-state index contributed by atoms with van der Waals surface area (Å²) in [6, 6.07) is 17.8. The molecule has 0 unspecified atom stereocenters. The van der Waals surface area contributed by atoms with Gasteiger partial charge in [0.25, 0.3) is 0 Å². The number of hydrogen-bond donors (Lipinski definition) is 0. The number of rotatable bonds is 6. The highest BCUT2D eigenvalue weighted by Gasteiger charge is 2.34. The van der Waals surface area contributed by atoms with Crippen LogP contribution in [0.3, 0.4) is 0 Å². The Hall–Kier alpha value is -1.36. The number of fused-ring (bicyclic) bond motifs is 4. The lowest BCUT2D eigenvalue weighted by atomic mass is 9.95. The van der Waals surface area contributed by atoms with Crippen LogP contribution in [0.5, 0.6) is 0 Å². The minimum atomic E-state index is 0.721. The number of pyridine rings is 1. The van der Waals surface area contributed by atoms with Gasteiger partial charge in [-0.2, -0.15) is 0 Å². The minimum absolute atomic E-state index is 0.721. The lowest BCUT2D eigenvalue weighted by molar-refractivity contribution is 0.139. The van der Waals surface area contributed by atoms with Gasteiger partial charge in [-0.05, 0) is 43.0 Å². The zero-order valence-corrected chi connectivity index (χ0v) is 15.6. The van der Waals surface area contributed by atoms with E-state index in [0.717, 1.165) is 18.5 Å². The van der Waals surface area contributed by atoms with Crippen LogP contribution in [-0.4, -0.2) is 52.8 Å². The maximum Gasteiger partial charge on any atom is 0.0543 e. The lowest BCUT2D eigenvalue weighted by Crippen LogP contribution is -2.44. The van der Waals surface area contributed by atoms with E-state index < -0.39 is 0 Å². The zero-order valence-electron chi connectivity index (χ0n) is 14.8. The Balaban J connectivity index is 1.32. The van der Waals surface area contributed by atoms with Gasteiger partial charge in [0.05, 0.1) is 5.69 Å². The maximum absolute atomic E-state index is 4.52. The molecule has 0 saturated carbocycles. The molecule has 3 aliphatic rings. The molecule has 132 valence electrons. The molecule has 1 aromatic heterocycles. The summed E-state index contributed by atoms with van der Waals surface area (Å²) in [5.41, 5.74) is 1.20. The number of benzene rings is 1. The van der Waals surface area contributed by atoms with Gasteiger partial charge in [-0.1, -0.05) is 24.3 Å². The van der Waals surface area contributed by atoms with Crippen LogP contribution in [-0.2, 0) is 6.54 Å². The first-order valence-corrected chi connectivity index (χ1v) is 10.4. The van der Waals surface area contributed by atoms with E-state index in [2.05, 4.69) is 57.2 Å². The van der Waals surface area contributed by atoms with E-state index in [1.165, 1.54) is 55.4 Å². The van der Waals surface area contributed by atoms with E-state index in [0.29, 0.717) is 0 Å². The maximum atomic E-state index is 4.52. The largest absolute Gasteiger partial charge is 0.298 e. The molecule has 0 radical (unpaired) electrons. The van der Waals surface area contributed by atoms with Crippen molar-refractivity contribution in [2.24, 2.45) is 5.92 Å². The van der Waals surface area contributed by atoms with Gasteiger partial charge in [-0.3, -0.25) is 14.8 Å². The Kier molecular flexibility index (Phi) is 5.70. The molecule has 4 heterocycles. The molecule has 0 spiro atoms. The van der Waals surface area contributed by atoms with Gasteiger partial charge >= 0.3 is 0 Å². The molecule has 2 atom stereocenters. The Bertz CT molecular complexity index is 649. The third-order valence-corrected chi connectivity index (χ3v) is 6.40. The number of aromatic nitrogens is 1. The number of hydrogen-bond acceptors (Lipinski definition) is 4. The van der Waals surface area contributed by atoms with Crippen molar-refractivity contribution >= 4 is 11.8 Å². The number of nitrogens with zero attached hydrogens (tertiary/aromatic N) is 3. The number of thioether (sulfide) groups is 1. The number of piperidine rings is 1. The molecule has 25 heavy (non-hydrogen) atoms. The average molecular weight is 354 g/mol. The van der Waals surface area contributed by atoms with E-state index in [4.69, 9.17) is 0 Å². The molecule has 3 aliphatic heterocycles. The smallest absolute Gasteiger partial charge is 0.0543 e. The van der Waals surface area contributed by atoms with Gasteiger partial charge in [0.2, 0.25) is 0 Å². The van der Waals surface area contributed by atoms with Crippen molar-refractivity contribution in [3.63, 3.8) is 0 Å². The van der Waals surface area contributed by atoms with E-state index in [1.54, 1.807) is 0 Å². The predicted molar refractivity (Wildman–Crippen MR) is 105 cm³/mol. The Morgan fingerprint density at radius 2 is 1.84 bits per heavy atom. The first-order chi connectivity index (χ1) is 12.4. The third kappa shape index (κ3) is 4.63. The van der Waals surface area contributed by atoms with Crippen LogP contribution in [0.1, 0.15) is 18.5 Å². The third-order valence-electron chi connectivity index (χ3n) is 5.40. The fourth-order valence-corrected chi connectivity index (χ4v) is 5.11. The molecular formula is C21H27N3S. The molecule has 3 nitrogen and oxygen atoms in total. The lowest BCUT2D eigenvalue weighted by Gasteiger charge is -2.36. The summed E-state index contributed by atoms with van der Waals surface area (Å²) in [7, 11) is 0. The normalized spacial score (nSPS) is 24.3. The van der Waals surface area contributed by atoms with E-state index >= 15 is 0 Å². The summed E-state index contributed by atoms with van der Waals surface area (Å²) >= 11 is 1.99. The monoisotopic (exact) mass is 353 g/mol. The van der Waals surface area contributed by atoms with Crippen LogP contribution < -0.4 is 0 Å².